The van der Waals surface area contributed by atoms with Crippen molar-refractivity contribution in [3.8, 4) is 0 Å². The second-order valence-electron chi connectivity index (χ2n) is 16.1. The molecule has 350 valence electrons. The summed E-state index contributed by atoms with van der Waals surface area (Å²) in [6.45, 7) is 6.27. The third-order valence-electron chi connectivity index (χ3n) is 10.2. The van der Waals surface area contributed by atoms with Gasteiger partial charge in [0.25, 0.3) is 0 Å². The van der Waals surface area contributed by atoms with Crippen molar-refractivity contribution in [1.29, 1.82) is 0 Å². The van der Waals surface area contributed by atoms with Crippen LogP contribution in [-0.2, 0) is 28.6 Å². The molecule has 0 aromatic heterocycles. The van der Waals surface area contributed by atoms with Crippen molar-refractivity contribution in [2.24, 2.45) is 0 Å². The van der Waals surface area contributed by atoms with Crippen LogP contribution < -0.4 is 0 Å². The summed E-state index contributed by atoms with van der Waals surface area (Å²) in [7, 11) is 0. The predicted molar refractivity (Wildman–Crippen MR) is 265 cm³/mol. The van der Waals surface area contributed by atoms with Crippen molar-refractivity contribution >= 4 is 17.9 Å². The number of allylic oxidation sites excluding steroid dienone is 18. The molecule has 0 amide bonds. The lowest BCUT2D eigenvalue weighted by atomic mass is 10.1. The zero-order chi connectivity index (χ0) is 45.1. The minimum absolute atomic E-state index is 0.111. The lowest BCUT2D eigenvalue weighted by Crippen LogP contribution is -2.30. The van der Waals surface area contributed by atoms with E-state index in [2.05, 4.69) is 87.6 Å². The molecule has 0 bridgehead atoms. The summed E-state index contributed by atoms with van der Waals surface area (Å²) in [6.07, 6.45) is 66.4. The van der Waals surface area contributed by atoms with Crippen molar-refractivity contribution in [3.63, 3.8) is 0 Å². The van der Waals surface area contributed by atoms with Crippen LogP contribution in [0.15, 0.2) is 109 Å². The van der Waals surface area contributed by atoms with Crippen LogP contribution in [0.4, 0.5) is 0 Å². The number of hydrogen-bond donors (Lipinski definition) is 0. The van der Waals surface area contributed by atoms with Gasteiger partial charge in [0.15, 0.2) is 6.10 Å². The third kappa shape index (κ3) is 47.1. The van der Waals surface area contributed by atoms with Gasteiger partial charge in [-0.2, -0.15) is 0 Å². The van der Waals surface area contributed by atoms with Crippen molar-refractivity contribution in [3.05, 3.63) is 109 Å². The SMILES string of the molecule is CC/C=C/C=C/C=C/C=C/CCCCCC(=O)OC(COC(=O)CCCCCCC/C=C/C=C/C=C/CC)COC(=O)CCCCCCC/C=C/C=C/CCCCCCCCC. The number of carbonyl (C=O) groups excluding carboxylic acids is 3. The number of unbranched alkanes of at least 4 members (excludes halogenated alkanes) is 20. The second kappa shape index (κ2) is 49.7. The van der Waals surface area contributed by atoms with Crippen LogP contribution in [0.5, 0.6) is 0 Å². The molecule has 0 rings (SSSR count). The highest BCUT2D eigenvalue weighted by molar-refractivity contribution is 5.71. The van der Waals surface area contributed by atoms with Crippen LogP contribution in [-0.4, -0.2) is 37.2 Å². The van der Waals surface area contributed by atoms with Crippen LogP contribution in [0, 0.1) is 0 Å². The molecule has 1 unspecified atom stereocenters. The van der Waals surface area contributed by atoms with E-state index in [1.54, 1.807) is 0 Å². The zero-order valence-corrected chi connectivity index (χ0v) is 39.8. The van der Waals surface area contributed by atoms with Gasteiger partial charge in [-0.1, -0.05) is 214 Å². The van der Waals surface area contributed by atoms with E-state index in [0.29, 0.717) is 19.3 Å². The molecule has 0 spiro atoms. The van der Waals surface area contributed by atoms with E-state index in [9.17, 15) is 14.4 Å². The molecule has 0 aromatic carbocycles. The number of rotatable bonds is 43. The van der Waals surface area contributed by atoms with Crippen LogP contribution in [0.2, 0.25) is 0 Å². The number of esters is 3. The van der Waals surface area contributed by atoms with Crippen LogP contribution >= 0.6 is 0 Å². The van der Waals surface area contributed by atoms with Gasteiger partial charge in [0, 0.05) is 19.3 Å². The molecule has 0 aliphatic rings. The fraction of sp³-hybridized carbons (Fsp3) is 0.625. The summed E-state index contributed by atoms with van der Waals surface area (Å²) < 4.78 is 16.7. The van der Waals surface area contributed by atoms with Gasteiger partial charge in [-0.3, -0.25) is 14.4 Å². The Morgan fingerprint density at radius 1 is 0.339 bits per heavy atom. The summed E-state index contributed by atoms with van der Waals surface area (Å²) in [5.41, 5.74) is 0. The third-order valence-corrected chi connectivity index (χ3v) is 10.2. The predicted octanol–water partition coefficient (Wildman–Crippen LogP) is 16.4. The highest BCUT2D eigenvalue weighted by atomic mass is 16.6. The molecule has 0 saturated heterocycles. The first-order valence-electron chi connectivity index (χ1n) is 25.0. The van der Waals surface area contributed by atoms with Crippen LogP contribution in [0.1, 0.15) is 207 Å². The van der Waals surface area contributed by atoms with Gasteiger partial charge in [-0.15, -0.1) is 0 Å². The first-order chi connectivity index (χ1) is 30.5. The molecule has 62 heavy (non-hydrogen) atoms. The van der Waals surface area contributed by atoms with E-state index in [1.807, 2.05) is 42.5 Å². The van der Waals surface area contributed by atoms with Gasteiger partial charge in [0.1, 0.15) is 13.2 Å². The minimum Gasteiger partial charge on any atom is -0.462 e. The maximum Gasteiger partial charge on any atom is 0.306 e. The molecule has 6 heteroatoms. The lowest BCUT2D eigenvalue weighted by molar-refractivity contribution is -0.167. The maximum atomic E-state index is 12.8. The summed E-state index contributed by atoms with van der Waals surface area (Å²) in [5.74, 6) is -0.993. The molecule has 0 aliphatic carbocycles. The topological polar surface area (TPSA) is 78.9 Å². The highest BCUT2D eigenvalue weighted by Crippen LogP contribution is 2.13. The molecule has 6 nitrogen and oxygen atoms in total. The Morgan fingerprint density at radius 3 is 1.02 bits per heavy atom. The van der Waals surface area contributed by atoms with E-state index in [-0.39, 0.29) is 37.5 Å². The Balaban J connectivity index is 4.49. The standard InChI is InChI=1S/C56H90O6/c1-4-7-10-13-16-19-22-25-26-27-28-29-32-34-37-40-43-46-49-55(58)61-52-53(62-56(59)50-47-44-41-38-35-31-24-21-18-15-12-9-6-3)51-60-54(57)48-45-42-39-36-33-30-23-20-17-14-11-8-5-2/h8-9,11-12,14-15,17-18,20-21,23-24,26-29,31,35,53H,4-7,10,13,16,19,22,25,30,32-34,36-52H2,1-3H3/b11-8+,12-9+,17-14+,18-15+,23-20+,24-21+,27-26+,29-28+,35-31+. The average molecular weight is 859 g/mol. The largest absolute Gasteiger partial charge is 0.462 e. The molecule has 1 atom stereocenters. The van der Waals surface area contributed by atoms with Crippen molar-refractivity contribution in [1.82, 2.24) is 0 Å². The first kappa shape index (κ1) is 58.1. The summed E-state index contributed by atoms with van der Waals surface area (Å²) >= 11 is 0. The van der Waals surface area contributed by atoms with E-state index in [1.165, 1.54) is 51.4 Å². The molecule has 0 heterocycles. The Hall–Kier alpha value is -3.93. The normalized spacial score (nSPS) is 13.0. The Morgan fingerprint density at radius 2 is 0.629 bits per heavy atom. The lowest BCUT2D eigenvalue weighted by Gasteiger charge is -2.18. The molecule has 0 radical (unpaired) electrons. The van der Waals surface area contributed by atoms with E-state index >= 15 is 0 Å². The fourth-order valence-electron chi connectivity index (χ4n) is 6.44. The van der Waals surface area contributed by atoms with E-state index in [0.717, 1.165) is 109 Å². The quantitative estimate of drug-likeness (QED) is 0.0263. The van der Waals surface area contributed by atoms with Gasteiger partial charge < -0.3 is 14.2 Å². The van der Waals surface area contributed by atoms with Crippen LogP contribution in [0.3, 0.4) is 0 Å². The molecule has 0 aliphatic heterocycles. The van der Waals surface area contributed by atoms with Crippen molar-refractivity contribution in [2.45, 2.75) is 213 Å². The monoisotopic (exact) mass is 859 g/mol. The molecule has 0 fully saturated rings. The van der Waals surface area contributed by atoms with Gasteiger partial charge in [0.2, 0.25) is 0 Å². The molecule has 0 N–H and O–H groups in total. The van der Waals surface area contributed by atoms with Crippen LogP contribution in [0.25, 0.3) is 0 Å². The molecular weight excluding hydrogens is 769 g/mol. The van der Waals surface area contributed by atoms with Gasteiger partial charge in [-0.25, -0.2) is 0 Å². The van der Waals surface area contributed by atoms with Gasteiger partial charge >= 0.3 is 17.9 Å². The average Bonchev–Trinajstić information content (AvgIpc) is 3.27. The number of carbonyl (C=O) groups is 3. The maximum absolute atomic E-state index is 12.8. The minimum atomic E-state index is -0.814. The van der Waals surface area contributed by atoms with E-state index in [4.69, 9.17) is 14.2 Å². The molecule has 0 saturated carbocycles. The Bertz CT molecular complexity index is 1310. The van der Waals surface area contributed by atoms with Gasteiger partial charge in [-0.05, 0) is 83.5 Å². The molecule has 0 aromatic rings. The first-order valence-corrected chi connectivity index (χ1v) is 25.0. The second-order valence-corrected chi connectivity index (χ2v) is 16.1. The Labute approximate surface area is 380 Å². The summed E-state index contributed by atoms with van der Waals surface area (Å²) in [4.78, 5) is 37.9. The fourth-order valence-corrected chi connectivity index (χ4v) is 6.44. The zero-order valence-electron chi connectivity index (χ0n) is 39.8. The number of hydrogen-bond acceptors (Lipinski definition) is 6. The van der Waals surface area contributed by atoms with Gasteiger partial charge in [0.05, 0.1) is 0 Å². The number of ether oxygens (including phenoxy) is 3. The summed E-state index contributed by atoms with van der Waals surface area (Å²) in [5, 5.41) is 0. The van der Waals surface area contributed by atoms with Crippen molar-refractivity contribution < 1.29 is 28.6 Å². The molecular formula is C56H90O6. The smallest absolute Gasteiger partial charge is 0.306 e. The highest BCUT2D eigenvalue weighted by Gasteiger charge is 2.19. The van der Waals surface area contributed by atoms with E-state index < -0.39 is 6.10 Å². The Kier molecular flexibility index (Phi) is 46.6. The van der Waals surface area contributed by atoms with Crippen molar-refractivity contribution in [2.75, 3.05) is 13.2 Å². The summed E-state index contributed by atoms with van der Waals surface area (Å²) in [6, 6.07) is 0.